The molecule has 2 aromatic rings. The highest BCUT2D eigenvalue weighted by atomic mass is 35.5. The molecular weight excluding hydrogens is 954 g/mol. The van der Waals surface area contributed by atoms with Gasteiger partial charge in [-0.15, -0.1) is 0 Å². The first-order valence-electron chi connectivity index (χ1n) is 28.1. The highest BCUT2D eigenvalue weighted by Crippen LogP contribution is 2.44. The minimum absolute atomic E-state index is 0.0705. The maximum atomic E-state index is 13.4. The lowest BCUT2D eigenvalue weighted by Gasteiger charge is -2.36. The van der Waals surface area contributed by atoms with Gasteiger partial charge in [0.15, 0.2) is 6.10 Å². The molecule has 13 heteroatoms. The van der Waals surface area contributed by atoms with Crippen LogP contribution in [0.4, 0.5) is 4.79 Å². The maximum absolute atomic E-state index is 13.4. The SMILES string of the molecule is CCCCCCCCCCCCCCCC(=O)OCC(COC(=O)CCCCCCCCCCCCCCC)OC(=O)CCC(=O)OC(C)OC(=O)N(C)[C@H]1CC[C@@H](c2ccc(Cl)c(Cl)c2)c2ccccc21. The van der Waals surface area contributed by atoms with Crippen LogP contribution in [0, 0.1) is 0 Å². The van der Waals surface area contributed by atoms with Gasteiger partial charge in [-0.25, -0.2) is 4.79 Å². The first kappa shape index (κ1) is 62.5. The Labute approximate surface area is 443 Å². The molecule has 1 aliphatic rings. The van der Waals surface area contributed by atoms with Gasteiger partial charge in [-0.05, 0) is 54.5 Å². The van der Waals surface area contributed by atoms with Crippen molar-refractivity contribution in [3.63, 3.8) is 0 Å². The molecular formula is C59H91Cl2NO10. The van der Waals surface area contributed by atoms with Crippen LogP contribution in [0.5, 0.6) is 0 Å². The van der Waals surface area contributed by atoms with E-state index in [-0.39, 0.29) is 50.9 Å². The average Bonchev–Trinajstić information content (AvgIpc) is 3.37. The van der Waals surface area contributed by atoms with Crippen LogP contribution < -0.4 is 0 Å². The van der Waals surface area contributed by atoms with Gasteiger partial charge in [0.2, 0.25) is 6.29 Å². The zero-order valence-electron chi connectivity index (χ0n) is 44.7. The van der Waals surface area contributed by atoms with E-state index in [2.05, 4.69) is 13.8 Å². The van der Waals surface area contributed by atoms with Crippen molar-refractivity contribution >= 4 is 53.2 Å². The largest absolute Gasteiger partial charge is 0.462 e. The Balaban J connectivity index is 1.40. The summed E-state index contributed by atoms with van der Waals surface area (Å²) in [5, 5.41) is 0.975. The molecule has 72 heavy (non-hydrogen) atoms. The molecule has 0 saturated heterocycles. The first-order chi connectivity index (χ1) is 34.9. The summed E-state index contributed by atoms with van der Waals surface area (Å²) < 4.78 is 27.5. The number of amides is 1. The number of benzene rings is 2. The number of hydrogen-bond acceptors (Lipinski definition) is 10. The average molecular weight is 1050 g/mol. The molecule has 0 bridgehead atoms. The van der Waals surface area contributed by atoms with Gasteiger partial charge >= 0.3 is 30.0 Å². The first-order valence-corrected chi connectivity index (χ1v) is 28.9. The van der Waals surface area contributed by atoms with Crippen LogP contribution >= 0.6 is 23.2 Å². The van der Waals surface area contributed by atoms with E-state index in [0.717, 1.165) is 61.6 Å². The third kappa shape index (κ3) is 26.9. The highest BCUT2D eigenvalue weighted by molar-refractivity contribution is 6.42. The van der Waals surface area contributed by atoms with Crippen molar-refractivity contribution in [1.82, 2.24) is 4.90 Å². The molecule has 0 aliphatic heterocycles. The van der Waals surface area contributed by atoms with Crippen LogP contribution in [0.25, 0.3) is 0 Å². The predicted molar refractivity (Wildman–Crippen MR) is 288 cm³/mol. The number of esters is 4. The van der Waals surface area contributed by atoms with E-state index in [4.69, 9.17) is 46.9 Å². The summed E-state index contributed by atoms with van der Waals surface area (Å²) in [6.45, 7) is 5.37. The van der Waals surface area contributed by atoms with Crippen LogP contribution in [-0.2, 0) is 42.9 Å². The van der Waals surface area contributed by atoms with Crippen molar-refractivity contribution in [3.05, 3.63) is 69.2 Å². The second-order valence-corrected chi connectivity index (χ2v) is 20.8. The highest BCUT2D eigenvalue weighted by Gasteiger charge is 2.34. The van der Waals surface area contributed by atoms with Gasteiger partial charge < -0.3 is 28.6 Å². The predicted octanol–water partition coefficient (Wildman–Crippen LogP) is 16.7. The number of fused-ring (bicyclic) bond motifs is 1. The zero-order chi connectivity index (χ0) is 52.2. The summed E-state index contributed by atoms with van der Waals surface area (Å²) in [6.07, 6.45) is 29.4. The molecule has 0 aromatic heterocycles. The van der Waals surface area contributed by atoms with Gasteiger partial charge in [0.1, 0.15) is 13.2 Å². The van der Waals surface area contributed by atoms with Crippen LogP contribution in [0.3, 0.4) is 0 Å². The van der Waals surface area contributed by atoms with E-state index in [0.29, 0.717) is 29.3 Å². The van der Waals surface area contributed by atoms with E-state index in [9.17, 15) is 24.0 Å². The topological polar surface area (TPSA) is 135 Å². The molecule has 2 aromatic carbocycles. The summed E-state index contributed by atoms with van der Waals surface area (Å²) in [5.74, 6) is -2.27. The van der Waals surface area contributed by atoms with Gasteiger partial charge in [0.05, 0.1) is 28.9 Å². The van der Waals surface area contributed by atoms with Crippen molar-refractivity contribution in [3.8, 4) is 0 Å². The third-order valence-corrected chi connectivity index (χ3v) is 14.5. The molecule has 406 valence electrons. The molecule has 1 unspecified atom stereocenters. The fraction of sp³-hybridized carbons (Fsp3) is 0.712. The lowest BCUT2D eigenvalue weighted by molar-refractivity contribution is -0.171. The van der Waals surface area contributed by atoms with Crippen LogP contribution in [-0.4, -0.2) is 67.5 Å². The molecule has 1 amide bonds. The molecule has 0 heterocycles. The molecule has 0 radical (unpaired) electrons. The van der Waals surface area contributed by atoms with Crippen molar-refractivity contribution in [2.24, 2.45) is 0 Å². The van der Waals surface area contributed by atoms with Crippen LogP contribution in [0.15, 0.2) is 42.5 Å². The number of rotatable bonds is 40. The number of carbonyl (C=O) groups excluding carboxylic acids is 5. The standard InChI is InChI=1S/C59H91Cl2NO10/c1-5-7-9-11-13-15-17-19-21-23-25-27-29-35-55(63)68-44-48(45-69-56(64)36-30-28-26-24-22-20-18-16-14-12-10-8-6-2)72-58(66)42-41-57(65)70-46(3)71-59(67)62(4)54-40-38-49(50-33-31-32-34-51(50)54)47-37-39-52(60)53(61)43-47/h31-34,37,39,43,46,48-49,54H,5-30,35-36,38,40-42,44-45H2,1-4H3/t46?,49-,54-/m0/s1. The summed E-state index contributed by atoms with van der Waals surface area (Å²) >= 11 is 12.5. The minimum Gasteiger partial charge on any atom is -0.462 e. The number of halogens is 2. The van der Waals surface area contributed by atoms with E-state index in [1.807, 2.05) is 36.4 Å². The van der Waals surface area contributed by atoms with E-state index in [1.54, 1.807) is 13.1 Å². The number of carbonyl (C=O) groups is 5. The lowest BCUT2D eigenvalue weighted by Crippen LogP contribution is -2.37. The third-order valence-electron chi connectivity index (χ3n) is 13.8. The Morgan fingerprint density at radius 2 is 0.944 bits per heavy atom. The van der Waals surface area contributed by atoms with E-state index < -0.39 is 42.4 Å². The summed E-state index contributed by atoms with van der Waals surface area (Å²) in [6, 6.07) is 13.3. The Morgan fingerprint density at radius 3 is 1.40 bits per heavy atom. The molecule has 11 nitrogen and oxygen atoms in total. The van der Waals surface area contributed by atoms with Gasteiger partial charge in [-0.1, -0.05) is 221 Å². The van der Waals surface area contributed by atoms with Gasteiger partial charge in [-0.3, -0.25) is 19.2 Å². The molecule has 0 spiro atoms. The second-order valence-electron chi connectivity index (χ2n) is 20.0. The summed E-state index contributed by atoms with van der Waals surface area (Å²) in [4.78, 5) is 66.2. The van der Waals surface area contributed by atoms with Gasteiger partial charge in [0, 0.05) is 32.7 Å². The molecule has 1 aliphatic carbocycles. The summed E-state index contributed by atoms with van der Waals surface area (Å²) in [7, 11) is 1.65. The number of hydrogen-bond donors (Lipinski definition) is 0. The monoisotopic (exact) mass is 1040 g/mol. The van der Waals surface area contributed by atoms with Crippen molar-refractivity contribution < 1.29 is 47.7 Å². The molecule has 3 rings (SSSR count). The van der Waals surface area contributed by atoms with Gasteiger partial charge in [0.25, 0.3) is 0 Å². The van der Waals surface area contributed by atoms with Crippen molar-refractivity contribution in [2.45, 2.75) is 251 Å². The van der Waals surface area contributed by atoms with Crippen LogP contribution in [0.1, 0.15) is 255 Å². The van der Waals surface area contributed by atoms with Gasteiger partial charge in [-0.2, -0.15) is 0 Å². The van der Waals surface area contributed by atoms with Crippen LogP contribution in [0.2, 0.25) is 10.0 Å². The minimum atomic E-state index is -1.23. The van der Waals surface area contributed by atoms with E-state index in [1.165, 1.54) is 127 Å². The Morgan fingerprint density at radius 1 is 0.514 bits per heavy atom. The molecule has 0 saturated carbocycles. The maximum Gasteiger partial charge on any atom is 0.413 e. The fourth-order valence-electron chi connectivity index (χ4n) is 9.52. The Bertz CT molecular complexity index is 1800. The lowest BCUT2D eigenvalue weighted by atomic mass is 9.76. The molecule has 3 atom stereocenters. The number of ether oxygens (including phenoxy) is 5. The smallest absolute Gasteiger partial charge is 0.413 e. The normalized spacial score (nSPS) is 14.6. The Kier molecular flexibility index (Phi) is 33.6. The molecule has 0 N–H and O–H groups in total. The van der Waals surface area contributed by atoms with Crippen molar-refractivity contribution in [1.29, 1.82) is 0 Å². The Hall–Kier alpha value is -3.83. The van der Waals surface area contributed by atoms with E-state index >= 15 is 0 Å². The molecule has 0 fully saturated rings. The quantitative estimate of drug-likeness (QED) is 0.0275. The zero-order valence-corrected chi connectivity index (χ0v) is 46.2. The second kappa shape index (κ2) is 38.7. The fourth-order valence-corrected chi connectivity index (χ4v) is 9.83. The number of nitrogens with zero attached hydrogens (tertiary/aromatic N) is 1. The summed E-state index contributed by atoms with van der Waals surface area (Å²) in [5.41, 5.74) is 3.10. The number of unbranched alkanes of at least 4 members (excludes halogenated alkanes) is 24. The van der Waals surface area contributed by atoms with Crippen molar-refractivity contribution in [2.75, 3.05) is 20.3 Å².